The van der Waals surface area contributed by atoms with Gasteiger partial charge in [0.2, 0.25) is 0 Å². The number of benzene rings is 1. The van der Waals surface area contributed by atoms with Gasteiger partial charge >= 0.3 is 17.9 Å². The molecule has 1 N–H and O–H groups in total. The van der Waals surface area contributed by atoms with Gasteiger partial charge in [0.05, 0.1) is 17.8 Å². The Morgan fingerprint density at radius 2 is 1.65 bits per heavy atom. The Kier molecular flexibility index (Phi) is 6.27. The summed E-state index contributed by atoms with van der Waals surface area (Å²) in [4.78, 5) is 37.5. The third-order valence-electron chi connectivity index (χ3n) is 8.17. The second-order valence-electron chi connectivity index (χ2n) is 10.4. The molecule has 4 rings (SSSR count). The number of carbonyl (C=O) groups excluding carboxylic acids is 3. The second-order valence-corrected chi connectivity index (χ2v) is 10.4. The third kappa shape index (κ3) is 3.53. The number of esters is 3. The summed E-state index contributed by atoms with van der Waals surface area (Å²) in [6.07, 6.45) is -0.921. The lowest BCUT2D eigenvalue weighted by Gasteiger charge is -2.62. The Bertz CT molecular complexity index is 959. The average Bonchev–Trinajstić information content (AvgIpc) is 2.93. The highest BCUT2D eigenvalue weighted by Gasteiger charge is 2.80. The molecule has 0 amide bonds. The van der Waals surface area contributed by atoms with E-state index in [4.69, 9.17) is 18.9 Å². The summed E-state index contributed by atoms with van der Waals surface area (Å²) in [6, 6.07) is 8.63. The third-order valence-corrected chi connectivity index (χ3v) is 8.17. The van der Waals surface area contributed by atoms with Crippen LogP contribution >= 0.6 is 0 Å². The lowest BCUT2D eigenvalue weighted by molar-refractivity contribution is -0.301. The van der Waals surface area contributed by atoms with Crippen LogP contribution in [0.1, 0.15) is 64.2 Å². The van der Waals surface area contributed by atoms with E-state index in [-0.39, 0.29) is 18.3 Å². The molecule has 34 heavy (non-hydrogen) atoms. The van der Waals surface area contributed by atoms with E-state index in [1.54, 1.807) is 30.3 Å². The van der Waals surface area contributed by atoms with Gasteiger partial charge in [-0.3, -0.25) is 9.59 Å². The summed E-state index contributed by atoms with van der Waals surface area (Å²) in [6.45, 7) is 8.04. The van der Waals surface area contributed by atoms with Crippen LogP contribution in [0, 0.1) is 17.3 Å². The Morgan fingerprint density at radius 1 is 1.00 bits per heavy atom. The maximum atomic E-state index is 13.2. The number of aliphatic hydroxyl groups excluding tert-OH is 1. The van der Waals surface area contributed by atoms with Crippen LogP contribution in [0.25, 0.3) is 0 Å². The molecule has 1 aromatic rings. The summed E-state index contributed by atoms with van der Waals surface area (Å²) >= 11 is 0. The Morgan fingerprint density at radius 3 is 2.24 bits per heavy atom. The maximum absolute atomic E-state index is 13.2. The molecule has 2 saturated carbocycles. The van der Waals surface area contributed by atoms with Crippen molar-refractivity contribution < 1.29 is 38.4 Å². The summed E-state index contributed by atoms with van der Waals surface area (Å²) in [7, 11) is 0. The van der Waals surface area contributed by atoms with Gasteiger partial charge in [-0.1, -0.05) is 25.1 Å². The van der Waals surface area contributed by atoms with Gasteiger partial charge in [-0.2, -0.15) is 0 Å². The highest BCUT2D eigenvalue weighted by molar-refractivity contribution is 5.89. The monoisotopic (exact) mass is 474 g/mol. The number of aliphatic hydroxyl groups is 1. The van der Waals surface area contributed by atoms with Crippen LogP contribution in [0.2, 0.25) is 0 Å². The van der Waals surface area contributed by atoms with Gasteiger partial charge < -0.3 is 24.1 Å². The molecule has 1 aromatic carbocycles. The molecule has 2 aliphatic carbocycles. The zero-order chi connectivity index (χ0) is 24.9. The van der Waals surface area contributed by atoms with Crippen LogP contribution in [-0.4, -0.2) is 59.1 Å². The first-order valence-electron chi connectivity index (χ1n) is 11.9. The molecule has 1 heterocycles. The molecule has 0 radical (unpaired) electrons. The van der Waals surface area contributed by atoms with Gasteiger partial charge in [-0.25, -0.2) is 4.79 Å². The minimum Gasteiger partial charge on any atom is -0.462 e. The van der Waals surface area contributed by atoms with Crippen molar-refractivity contribution in [1.29, 1.82) is 0 Å². The van der Waals surface area contributed by atoms with Crippen LogP contribution < -0.4 is 0 Å². The van der Waals surface area contributed by atoms with Gasteiger partial charge in [-0.15, -0.1) is 0 Å². The smallest absolute Gasteiger partial charge is 0.338 e. The van der Waals surface area contributed by atoms with E-state index >= 15 is 0 Å². The van der Waals surface area contributed by atoms with Gasteiger partial charge in [0.1, 0.15) is 29.3 Å². The minimum absolute atomic E-state index is 0.168. The molecule has 7 atom stereocenters. The van der Waals surface area contributed by atoms with Crippen LogP contribution in [0.3, 0.4) is 0 Å². The summed E-state index contributed by atoms with van der Waals surface area (Å²) in [5.41, 5.74) is -2.88. The van der Waals surface area contributed by atoms with Crippen molar-refractivity contribution in [3.05, 3.63) is 35.9 Å². The van der Waals surface area contributed by atoms with Crippen molar-refractivity contribution in [1.82, 2.24) is 0 Å². The van der Waals surface area contributed by atoms with Crippen molar-refractivity contribution in [2.45, 2.75) is 83.4 Å². The standard InChI is InChI=1S/C26H34O8/c1-15-11-12-20(31-16(2)28)25(14-27)21(33-23(30)18-9-7-6-8-10-18)13-19-22(32-17(3)29)26(15,25)34-24(19,4)5/h6-10,15,19-22,27H,11-14H2,1-5H3. The Labute approximate surface area is 199 Å². The zero-order valence-corrected chi connectivity index (χ0v) is 20.4. The summed E-state index contributed by atoms with van der Waals surface area (Å²) in [5.74, 6) is -1.94. The van der Waals surface area contributed by atoms with E-state index in [1.165, 1.54) is 13.8 Å². The first-order chi connectivity index (χ1) is 16.0. The molecule has 2 bridgehead atoms. The zero-order valence-electron chi connectivity index (χ0n) is 20.4. The second kappa shape index (κ2) is 8.64. The summed E-state index contributed by atoms with van der Waals surface area (Å²) < 4.78 is 24.6. The van der Waals surface area contributed by atoms with Gasteiger partial charge in [0.15, 0.2) is 0 Å². The first kappa shape index (κ1) is 24.7. The Hall–Kier alpha value is -2.45. The number of carbonyl (C=O) groups is 3. The Balaban J connectivity index is 1.88. The number of hydrogen-bond donors (Lipinski definition) is 1. The van der Waals surface area contributed by atoms with Crippen LogP contribution in [0.4, 0.5) is 0 Å². The highest BCUT2D eigenvalue weighted by atomic mass is 16.6. The molecular formula is C26H34O8. The fourth-order valence-corrected chi connectivity index (χ4v) is 6.83. The predicted octanol–water partition coefficient (Wildman–Crippen LogP) is 3.05. The van der Waals surface area contributed by atoms with Crippen molar-refractivity contribution in [3.8, 4) is 0 Å². The first-order valence-corrected chi connectivity index (χ1v) is 11.9. The molecule has 7 unspecified atom stereocenters. The van der Waals surface area contributed by atoms with E-state index in [0.717, 1.165) is 0 Å². The number of ether oxygens (including phenoxy) is 4. The quantitative estimate of drug-likeness (QED) is 0.512. The average molecular weight is 475 g/mol. The molecule has 3 fully saturated rings. The van der Waals surface area contributed by atoms with Gasteiger partial charge in [0.25, 0.3) is 0 Å². The topological polar surface area (TPSA) is 108 Å². The summed E-state index contributed by atoms with van der Waals surface area (Å²) in [5, 5.41) is 11.1. The predicted molar refractivity (Wildman–Crippen MR) is 121 cm³/mol. The fourth-order valence-electron chi connectivity index (χ4n) is 6.83. The lowest BCUT2D eigenvalue weighted by atomic mass is 9.48. The molecule has 8 nitrogen and oxygen atoms in total. The van der Waals surface area contributed by atoms with Crippen LogP contribution in [0.5, 0.6) is 0 Å². The largest absolute Gasteiger partial charge is 0.462 e. The van der Waals surface area contributed by atoms with Crippen LogP contribution in [-0.2, 0) is 28.5 Å². The van der Waals surface area contributed by atoms with E-state index in [0.29, 0.717) is 18.4 Å². The number of rotatable bonds is 5. The van der Waals surface area contributed by atoms with E-state index in [9.17, 15) is 19.5 Å². The molecule has 1 saturated heterocycles. The lowest BCUT2D eigenvalue weighted by Crippen LogP contribution is -2.75. The normalized spacial score (nSPS) is 37.9. The maximum Gasteiger partial charge on any atom is 0.338 e. The molecule has 186 valence electrons. The molecule has 0 aromatic heterocycles. The van der Waals surface area contributed by atoms with Crippen molar-refractivity contribution in [2.24, 2.45) is 17.3 Å². The fraction of sp³-hybridized carbons (Fsp3) is 0.654. The van der Waals surface area contributed by atoms with Crippen molar-refractivity contribution in [2.75, 3.05) is 6.61 Å². The van der Waals surface area contributed by atoms with Gasteiger partial charge in [0, 0.05) is 19.8 Å². The van der Waals surface area contributed by atoms with Gasteiger partial charge in [-0.05, 0) is 51.2 Å². The minimum atomic E-state index is -1.31. The highest BCUT2D eigenvalue weighted by Crippen LogP contribution is 2.67. The number of hydrogen-bond acceptors (Lipinski definition) is 8. The molecular weight excluding hydrogens is 440 g/mol. The van der Waals surface area contributed by atoms with E-state index < -0.39 is 59.4 Å². The SMILES string of the molecule is CC(=O)OC1CCC(C)C23OC(C)(C)C(CC(OC(=O)c4ccccc4)C12CO)C3OC(C)=O. The van der Waals surface area contributed by atoms with Crippen molar-refractivity contribution in [3.63, 3.8) is 0 Å². The molecule has 3 aliphatic rings. The number of fused-ring (bicyclic) bond motifs is 1. The molecule has 1 spiro atoms. The van der Waals surface area contributed by atoms with Crippen molar-refractivity contribution >= 4 is 17.9 Å². The van der Waals surface area contributed by atoms with E-state index in [1.807, 2.05) is 20.8 Å². The van der Waals surface area contributed by atoms with E-state index in [2.05, 4.69) is 0 Å². The van der Waals surface area contributed by atoms with Crippen LogP contribution in [0.15, 0.2) is 30.3 Å². The molecule has 1 aliphatic heterocycles. The molecule has 8 heteroatoms.